The highest BCUT2D eigenvalue weighted by atomic mass is 15.3. The van der Waals surface area contributed by atoms with Crippen molar-refractivity contribution in [1.29, 1.82) is 0 Å². The maximum absolute atomic E-state index is 4.10. The normalized spacial score (nSPS) is 34.9. The first-order valence-corrected chi connectivity index (χ1v) is 8.38. The molecule has 3 rings (SSSR count). The molecule has 2 fully saturated rings. The third-order valence-electron chi connectivity index (χ3n) is 5.40. The van der Waals surface area contributed by atoms with Crippen molar-refractivity contribution >= 4 is 0 Å². The second kappa shape index (κ2) is 6.68. The van der Waals surface area contributed by atoms with Crippen LogP contribution in [0.5, 0.6) is 0 Å². The molecule has 3 nitrogen and oxygen atoms in total. The molecule has 0 atom stereocenters. The van der Waals surface area contributed by atoms with Gasteiger partial charge in [0.1, 0.15) is 32.7 Å². The Labute approximate surface area is 123 Å². The summed E-state index contributed by atoms with van der Waals surface area (Å²) >= 11 is 0. The molecule has 110 valence electrons. The Morgan fingerprint density at radius 2 is 1.65 bits per heavy atom. The van der Waals surface area contributed by atoms with Crippen molar-refractivity contribution in [3.63, 3.8) is 0 Å². The number of aromatic nitrogens is 1. The molecule has 1 aromatic heterocycles. The number of piperazine rings is 1. The van der Waals surface area contributed by atoms with Gasteiger partial charge >= 0.3 is 0 Å². The van der Waals surface area contributed by atoms with Gasteiger partial charge in [-0.2, -0.15) is 0 Å². The van der Waals surface area contributed by atoms with Crippen LogP contribution in [-0.4, -0.2) is 37.2 Å². The lowest BCUT2D eigenvalue weighted by molar-refractivity contribution is -1.03. The van der Waals surface area contributed by atoms with Crippen molar-refractivity contribution in [3.8, 4) is 0 Å². The second-order valence-corrected chi connectivity index (χ2v) is 6.90. The SMILES string of the molecule is CC1CCC([NH+]2CC[NH+](Cc3ccncc3)CC2)CC1. The molecule has 20 heavy (non-hydrogen) atoms. The van der Waals surface area contributed by atoms with Gasteiger partial charge < -0.3 is 9.80 Å². The molecule has 0 radical (unpaired) electrons. The molecule has 1 aliphatic carbocycles. The number of quaternary nitrogens is 2. The highest BCUT2D eigenvalue weighted by Crippen LogP contribution is 2.21. The van der Waals surface area contributed by atoms with Crippen molar-refractivity contribution in [2.75, 3.05) is 26.2 Å². The van der Waals surface area contributed by atoms with Crippen LogP contribution >= 0.6 is 0 Å². The standard InChI is InChI=1S/C17H27N3/c1-15-2-4-17(5-3-15)20-12-10-19(11-13-20)14-16-6-8-18-9-7-16/h6-9,15,17H,2-5,10-14H2,1H3/p+2. The number of hydrogen-bond acceptors (Lipinski definition) is 1. The van der Waals surface area contributed by atoms with E-state index in [1.807, 2.05) is 17.3 Å². The summed E-state index contributed by atoms with van der Waals surface area (Å²) in [6.45, 7) is 9.02. The molecule has 1 saturated heterocycles. The van der Waals surface area contributed by atoms with Crippen LogP contribution in [0, 0.1) is 5.92 Å². The Hall–Kier alpha value is -0.930. The van der Waals surface area contributed by atoms with Crippen molar-refractivity contribution in [3.05, 3.63) is 30.1 Å². The van der Waals surface area contributed by atoms with E-state index in [1.165, 1.54) is 64.0 Å². The van der Waals surface area contributed by atoms with E-state index in [9.17, 15) is 0 Å². The van der Waals surface area contributed by atoms with Crippen LogP contribution < -0.4 is 9.80 Å². The summed E-state index contributed by atoms with van der Waals surface area (Å²) < 4.78 is 0. The van der Waals surface area contributed by atoms with Gasteiger partial charge in [-0.05, 0) is 43.7 Å². The summed E-state index contributed by atoms with van der Waals surface area (Å²) in [6, 6.07) is 5.29. The summed E-state index contributed by atoms with van der Waals surface area (Å²) in [7, 11) is 0. The van der Waals surface area contributed by atoms with Gasteiger partial charge in [-0.25, -0.2) is 0 Å². The van der Waals surface area contributed by atoms with Crippen molar-refractivity contribution in [1.82, 2.24) is 4.98 Å². The number of pyridine rings is 1. The molecule has 0 aromatic carbocycles. The van der Waals surface area contributed by atoms with E-state index in [0.717, 1.165) is 12.0 Å². The lowest BCUT2D eigenvalue weighted by atomic mass is 9.86. The van der Waals surface area contributed by atoms with Gasteiger partial charge in [-0.15, -0.1) is 0 Å². The number of hydrogen-bond donors (Lipinski definition) is 2. The second-order valence-electron chi connectivity index (χ2n) is 6.90. The lowest BCUT2D eigenvalue weighted by Crippen LogP contribution is -3.29. The summed E-state index contributed by atoms with van der Waals surface area (Å²) in [4.78, 5) is 7.76. The van der Waals surface area contributed by atoms with Crippen LogP contribution in [0.3, 0.4) is 0 Å². The quantitative estimate of drug-likeness (QED) is 0.793. The molecule has 1 saturated carbocycles. The molecule has 0 amide bonds. The average molecular weight is 275 g/mol. The van der Waals surface area contributed by atoms with Crippen molar-refractivity contribution in [2.45, 2.75) is 45.2 Å². The van der Waals surface area contributed by atoms with Gasteiger partial charge in [-0.3, -0.25) is 4.98 Å². The highest BCUT2D eigenvalue weighted by Gasteiger charge is 2.31. The Bertz CT molecular complexity index is 390. The minimum atomic E-state index is 0.966. The fourth-order valence-electron chi connectivity index (χ4n) is 3.97. The van der Waals surface area contributed by atoms with Crippen LogP contribution in [0.1, 0.15) is 38.2 Å². The molecule has 0 bridgehead atoms. The molecular formula is C17H29N3+2. The van der Waals surface area contributed by atoms with E-state index in [4.69, 9.17) is 0 Å². The molecule has 2 N–H and O–H groups in total. The van der Waals surface area contributed by atoms with E-state index >= 15 is 0 Å². The van der Waals surface area contributed by atoms with Crippen LogP contribution in [0.4, 0.5) is 0 Å². The topological polar surface area (TPSA) is 21.8 Å². The minimum absolute atomic E-state index is 0.966. The maximum atomic E-state index is 4.10. The smallest absolute Gasteiger partial charge is 0.127 e. The first-order valence-electron chi connectivity index (χ1n) is 8.38. The van der Waals surface area contributed by atoms with E-state index in [1.54, 1.807) is 4.90 Å². The Morgan fingerprint density at radius 3 is 2.30 bits per heavy atom. The molecular weight excluding hydrogens is 246 g/mol. The highest BCUT2D eigenvalue weighted by molar-refractivity contribution is 5.07. The van der Waals surface area contributed by atoms with Crippen LogP contribution in [0.15, 0.2) is 24.5 Å². The summed E-state index contributed by atoms with van der Waals surface area (Å²) in [5.74, 6) is 0.976. The molecule has 3 heteroatoms. The monoisotopic (exact) mass is 275 g/mol. The predicted octanol–water partition coefficient (Wildman–Crippen LogP) is -0.0563. The summed E-state index contributed by atoms with van der Waals surface area (Å²) in [5, 5.41) is 0. The Balaban J connectivity index is 1.45. The molecule has 2 heterocycles. The van der Waals surface area contributed by atoms with E-state index < -0.39 is 0 Å². The molecule has 2 aliphatic rings. The van der Waals surface area contributed by atoms with Crippen molar-refractivity contribution < 1.29 is 9.80 Å². The first-order chi connectivity index (χ1) is 9.81. The number of nitrogens with zero attached hydrogens (tertiary/aromatic N) is 1. The lowest BCUT2D eigenvalue weighted by Gasteiger charge is -2.37. The molecule has 1 aliphatic heterocycles. The molecule has 0 spiro atoms. The van der Waals surface area contributed by atoms with Gasteiger partial charge in [-0.1, -0.05) is 6.92 Å². The first kappa shape index (κ1) is 14.0. The summed E-state index contributed by atoms with van der Waals surface area (Å²) in [5.41, 5.74) is 1.44. The predicted molar refractivity (Wildman–Crippen MR) is 80.8 cm³/mol. The van der Waals surface area contributed by atoms with Gasteiger partial charge in [0.05, 0.1) is 6.04 Å². The zero-order chi connectivity index (χ0) is 13.8. The Morgan fingerprint density at radius 1 is 1.00 bits per heavy atom. The van der Waals surface area contributed by atoms with E-state index in [-0.39, 0.29) is 0 Å². The van der Waals surface area contributed by atoms with Crippen molar-refractivity contribution in [2.24, 2.45) is 5.92 Å². The van der Waals surface area contributed by atoms with E-state index in [2.05, 4.69) is 24.0 Å². The molecule has 0 unspecified atom stereocenters. The van der Waals surface area contributed by atoms with Gasteiger partial charge in [0.25, 0.3) is 0 Å². The largest absolute Gasteiger partial charge is 0.323 e. The third kappa shape index (κ3) is 3.58. The third-order valence-corrected chi connectivity index (χ3v) is 5.40. The number of rotatable bonds is 3. The van der Waals surface area contributed by atoms with E-state index in [0.29, 0.717) is 0 Å². The van der Waals surface area contributed by atoms with Gasteiger partial charge in [0, 0.05) is 18.0 Å². The van der Waals surface area contributed by atoms with Crippen LogP contribution in [-0.2, 0) is 6.54 Å². The maximum Gasteiger partial charge on any atom is 0.127 e. The Kier molecular flexibility index (Phi) is 4.69. The minimum Gasteiger partial charge on any atom is -0.323 e. The fraction of sp³-hybridized carbons (Fsp3) is 0.706. The van der Waals surface area contributed by atoms with Gasteiger partial charge in [0.2, 0.25) is 0 Å². The zero-order valence-corrected chi connectivity index (χ0v) is 12.8. The number of nitrogens with one attached hydrogen (secondary N) is 2. The van der Waals surface area contributed by atoms with Crippen LogP contribution in [0.2, 0.25) is 0 Å². The van der Waals surface area contributed by atoms with Crippen LogP contribution in [0.25, 0.3) is 0 Å². The fourth-order valence-corrected chi connectivity index (χ4v) is 3.97. The van der Waals surface area contributed by atoms with Gasteiger partial charge in [0.15, 0.2) is 0 Å². The molecule has 1 aromatic rings. The average Bonchev–Trinajstić information content (AvgIpc) is 2.50. The zero-order valence-electron chi connectivity index (χ0n) is 12.8. The summed E-state index contributed by atoms with van der Waals surface area (Å²) in [6.07, 6.45) is 9.69.